The number of nitrogens with zero attached hydrogens (tertiary/aromatic N) is 2. The van der Waals surface area contributed by atoms with Crippen LogP contribution in [0.2, 0.25) is 0 Å². The van der Waals surface area contributed by atoms with Crippen LogP contribution in [0.5, 0.6) is 0 Å². The van der Waals surface area contributed by atoms with Crippen molar-refractivity contribution in [1.82, 2.24) is 4.90 Å². The third kappa shape index (κ3) is 4.13. The monoisotopic (exact) mass is 378 g/mol. The number of fused-ring (bicyclic) bond motifs is 2. The minimum atomic E-state index is -0.387. The van der Waals surface area contributed by atoms with Crippen LogP contribution < -0.4 is 4.90 Å². The van der Waals surface area contributed by atoms with E-state index in [0.29, 0.717) is 0 Å². The van der Waals surface area contributed by atoms with Gasteiger partial charge in [-0.05, 0) is 50.2 Å². The molecule has 0 aliphatic carbocycles. The molecule has 0 unspecified atom stereocenters. The van der Waals surface area contributed by atoms with E-state index in [0.717, 1.165) is 40.8 Å². The van der Waals surface area contributed by atoms with Crippen molar-refractivity contribution in [3.63, 3.8) is 0 Å². The van der Waals surface area contributed by atoms with Gasteiger partial charge < -0.3 is 4.74 Å². The molecule has 1 fully saturated rings. The minimum Gasteiger partial charge on any atom is -0.436 e. The van der Waals surface area contributed by atoms with Crippen LogP contribution in [0.25, 0.3) is 0 Å². The maximum Gasteiger partial charge on any atom is 0.419 e. The first-order valence-corrected chi connectivity index (χ1v) is 10.2. The molecule has 0 saturated carbocycles. The molecule has 0 aromatic heterocycles. The predicted molar refractivity (Wildman–Crippen MR) is 109 cm³/mol. The van der Waals surface area contributed by atoms with Crippen LogP contribution >= 0.6 is 11.8 Å². The Balaban J connectivity index is 1.43. The molecule has 2 heterocycles. The highest BCUT2D eigenvalue weighted by Crippen LogP contribution is 2.47. The predicted octanol–water partition coefficient (Wildman–Crippen LogP) is 4.92. The number of ether oxygens (including phenoxy) is 1. The van der Waals surface area contributed by atoms with E-state index < -0.39 is 0 Å². The molecule has 4 nitrogen and oxygen atoms in total. The van der Waals surface area contributed by atoms with Crippen molar-refractivity contribution in [2.75, 3.05) is 31.1 Å². The van der Waals surface area contributed by atoms with E-state index in [1.54, 1.807) is 16.7 Å². The second-order valence-electron chi connectivity index (χ2n) is 6.62. The van der Waals surface area contributed by atoms with Crippen LogP contribution in [0.4, 0.5) is 16.2 Å². The van der Waals surface area contributed by atoms with Gasteiger partial charge in [0, 0.05) is 9.79 Å². The highest BCUT2D eigenvalue weighted by molar-refractivity contribution is 7.99. The third-order valence-electron chi connectivity index (χ3n) is 4.76. The van der Waals surface area contributed by atoms with E-state index in [2.05, 4.69) is 16.7 Å². The quantitative estimate of drug-likeness (QED) is 0.695. The van der Waals surface area contributed by atoms with Crippen LogP contribution in [0, 0.1) is 11.8 Å². The van der Waals surface area contributed by atoms with Gasteiger partial charge >= 0.3 is 6.09 Å². The highest BCUT2D eigenvalue weighted by atomic mass is 32.2. The highest BCUT2D eigenvalue weighted by Gasteiger charge is 2.28. The van der Waals surface area contributed by atoms with Crippen molar-refractivity contribution in [2.24, 2.45) is 0 Å². The fraction of sp³-hybridized carbons (Fsp3) is 0.318. The fourth-order valence-electron chi connectivity index (χ4n) is 3.40. The topological polar surface area (TPSA) is 32.8 Å². The molecule has 5 heteroatoms. The Kier molecular flexibility index (Phi) is 5.66. The van der Waals surface area contributed by atoms with Crippen molar-refractivity contribution in [1.29, 1.82) is 0 Å². The largest absolute Gasteiger partial charge is 0.436 e. The number of hydrogen-bond acceptors (Lipinski definition) is 4. The number of piperidine rings is 1. The van der Waals surface area contributed by atoms with Crippen LogP contribution in [0.3, 0.4) is 0 Å². The first-order valence-electron chi connectivity index (χ1n) is 9.34. The lowest BCUT2D eigenvalue weighted by molar-refractivity contribution is 0.170. The summed E-state index contributed by atoms with van der Waals surface area (Å²) in [4.78, 5) is 18.9. The van der Waals surface area contributed by atoms with Gasteiger partial charge in [0.05, 0.1) is 17.9 Å². The summed E-state index contributed by atoms with van der Waals surface area (Å²) in [5, 5.41) is 0. The minimum absolute atomic E-state index is 0.112. The van der Waals surface area contributed by atoms with Gasteiger partial charge in [0.1, 0.15) is 0 Å². The van der Waals surface area contributed by atoms with E-state index in [9.17, 15) is 4.79 Å². The maximum absolute atomic E-state index is 12.8. The molecule has 138 valence electrons. The summed E-state index contributed by atoms with van der Waals surface area (Å²) < 4.78 is 5.47. The number of amides is 1. The molecule has 2 aromatic carbocycles. The number of hydrogen-bond donors (Lipinski definition) is 0. The smallest absolute Gasteiger partial charge is 0.419 e. The molecular weight excluding hydrogens is 356 g/mol. The van der Waals surface area contributed by atoms with E-state index in [1.165, 1.54) is 19.3 Å². The molecule has 0 bridgehead atoms. The lowest BCUT2D eigenvalue weighted by atomic mass is 10.1. The lowest BCUT2D eigenvalue weighted by Crippen LogP contribution is -2.30. The van der Waals surface area contributed by atoms with Crippen LogP contribution in [0.1, 0.15) is 19.3 Å². The summed E-state index contributed by atoms with van der Waals surface area (Å²) in [6.45, 7) is 3.10. The van der Waals surface area contributed by atoms with E-state index in [-0.39, 0.29) is 12.7 Å². The van der Waals surface area contributed by atoms with Crippen LogP contribution in [0.15, 0.2) is 58.3 Å². The molecular formula is C22H22N2O2S. The molecule has 1 saturated heterocycles. The Morgan fingerprint density at radius 1 is 0.926 bits per heavy atom. The fourth-order valence-corrected chi connectivity index (χ4v) is 4.46. The molecule has 2 aromatic rings. The van der Waals surface area contributed by atoms with E-state index in [1.807, 2.05) is 48.5 Å². The van der Waals surface area contributed by atoms with Crippen LogP contribution in [-0.2, 0) is 4.74 Å². The molecule has 0 radical (unpaired) electrons. The molecule has 4 rings (SSSR count). The van der Waals surface area contributed by atoms with Gasteiger partial charge in [-0.3, -0.25) is 4.90 Å². The first kappa shape index (κ1) is 18.0. The second-order valence-corrected chi connectivity index (χ2v) is 7.70. The molecule has 27 heavy (non-hydrogen) atoms. The number of anilines is 2. The standard InChI is InChI=1S/C22H22N2O2S/c25-22(26-17-9-8-16-23-14-6-1-7-15-23)24-18-10-2-4-12-20(18)27-21-13-5-3-11-19(21)24/h2-5,10-13H,1,6-7,14-17H2. The molecule has 0 spiro atoms. The summed E-state index contributed by atoms with van der Waals surface area (Å²) >= 11 is 1.67. The average molecular weight is 378 g/mol. The maximum atomic E-state index is 12.8. The zero-order valence-corrected chi connectivity index (χ0v) is 16.0. The number of carbonyl (C=O) groups excluding carboxylic acids is 1. The molecule has 0 atom stereocenters. The molecule has 2 aliphatic heterocycles. The van der Waals surface area contributed by atoms with E-state index in [4.69, 9.17) is 4.74 Å². The van der Waals surface area contributed by atoms with Crippen molar-refractivity contribution >= 4 is 29.2 Å². The SMILES string of the molecule is O=C(OCC#CCN1CCCCC1)N1c2ccccc2Sc2ccccc21. The molecule has 0 N–H and O–H groups in total. The van der Waals surface area contributed by atoms with Crippen molar-refractivity contribution in [2.45, 2.75) is 29.1 Å². The first-order chi connectivity index (χ1) is 13.3. The number of para-hydroxylation sites is 2. The van der Waals surface area contributed by atoms with E-state index >= 15 is 0 Å². The Morgan fingerprint density at radius 2 is 1.56 bits per heavy atom. The summed E-state index contributed by atoms with van der Waals surface area (Å²) in [6.07, 6.45) is 3.44. The molecule has 1 amide bonds. The zero-order valence-electron chi connectivity index (χ0n) is 15.2. The van der Waals surface area contributed by atoms with Crippen molar-refractivity contribution < 1.29 is 9.53 Å². The summed E-state index contributed by atoms with van der Waals surface area (Å²) in [6, 6.07) is 15.8. The van der Waals surface area contributed by atoms with Gasteiger partial charge in [-0.2, -0.15) is 0 Å². The summed E-state index contributed by atoms with van der Waals surface area (Å²) in [5.41, 5.74) is 1.71. The number of carbonyl (C=O) groups is 1. The van der Waals surface area contributed by atoms with Gasteiger partial charge in [0.25, 0.3) is 0 Å². The van der Waals surface area contributed by atoms with Gasteiger partial charge in [-0.25, -0.2) is 9.69 Å². The lowest BCUT2D eigenvalue weighted by Gasteiger charge is -2.29. The summed E-state index contributed by atoms with van der Waals surface area (Å²) in [5.74, 6) is 6.11. The zero-order chi connectivity index (χ0) is 18.5. The van der Waals surface area contributed by atoms with Crippen molar-refractivity contribution in [3.8, 4) is 11.8 Å². The Hall–Kier alpha value is -2.42. The Labute approximate surface area is 164 Å². The van der Waals surface area contributed by atoms with Gasteiger partial charge in [0.2, 0.25) is 0 Å². The molecule has 2 aliphatic rings. The third-order valence-corrected chi connectivity index (χ3v) is 5.89. The number of rotatable bonds is 2. The van der Waals surface area contributed by atoms with Gasteiger partial charge in [-0.15, -0.1) is 0 Å². The average Bonchev–Trinajstić information content (AvgIpc) is 2.72. The van der Waals surface area contributed by atoms with Crippen LogP contribution in [-0.4, -0.2) is 37.2 Å². The normalized spacial score (nSPS) is 15.9. The second kappa shape index (κ2) is 8.51. The number of likely N-dealkylation sites (tertiary alicyclic amines) is 1. The van der Waals surface area contributed by atoms with Gasteiger partial charge in [-0.1, -0.05) is 54.3 Å². The summed E-state index contributed by atoms with van der Waals surface area (Å²) in [7, 11) is 0. The van der Waals surface area contributed by atoms with Gasteiger partial charge in [0.15, 0.2) is 6.61 Å². The Morgan fingerprint density at radius 3 is 2.22 bits per heavy atom. The number of benzene rings is 2. The van der Waals surface area contributed by atoms with Crippen molar-refractivity contribution in [3.05, 3.63) is 48.5 Å². The Bertz CT molecular complexity index is 836.